The number of hydrogen-bond acceptors (Lipinski definition) is 4. The van der Waals surface area contributed by atoms with Crippen molar-refractivity contribution < 1.29 is 19.1 Å². The molecule has 0 unspecified atom stereocenters. The standard InChI is InChI=1S/C24H25NO4/c1-24(2,3)15-10-12-21(29-5)19(14-15)25-23(27)22(26)18-11-13-20(28-4)17-9-7-6-8-16(17)18/h6-14H,1-5H3,(H,25,27). The minimum absolute atomic E-state index is 0.109. The van der Waals surface area contributed by atoms with Crippen molar-refractivity contribution in [2.75, 3.05) is 19.5 Å². The molecular formula is C24H25NO4. The van der Waals surface area contributed by atoms with Gasteiger partial charge in [0, 0.05) is 10.9 Å². The Labute approximate surface area is 170 Å². The van der Waals surface area contributed by atoms with Crippen LogP contribution >= 0.6 is 0 Å². The predicted molar refractivity (Wildman–Crippen MR) is 115 cm³/mol. The fourth-order valence-electron chi connectivity index (χ4n) is 3.22. The van der Waals surface area contributed by atoms with Gasteiger partial charge in [-0.15, -0.1) is 0 Å². The maximum Gasteiger partial charge on any atom is 0.296 e. The Morgan fingerprint density at radius 1 is 0.828 bits per heavy atom. The normalized spacial score (nSPS) is 11.2. The maximum atomic E-state index is 13.0. The third-order valence-electron chi connectivity index (χ3n) is 4.87. The SMILES string of the molecule is COc1ccc(C(C)(C)C)cc1NC(=O)C(=O)c1ccc(OC)c2ccccc12. The Morgan fingerprint density at radius 2 is 1.45 bits per heavy atom. The molecule has 0 aromatic heterocycles. The Morgan fingerprint density at radius 3 is 2.07 bits per heavy atom. The zero-order chi connectivity index (χ0) is 21.2. The zero-order valence-corrected chi connectivity index (χ0v) is 17.3. The van der Waals surface area contributed by atoms with E-state index in [9.17, 15) is 9.59 Å². The Kier molecular flexibility index (Phi) is 5.59. The molecule has 0 saturated heterocycles. The van der Waals surface area contributed by atoms with Crippen LogP contribution in [0.15, 0.2) is 54.6 Å². The number of amides is 1. The summed E-state index contributed by atoms with van der Waals surface area (Å²) in [5.74, 6) is -0.187. The summed E-state index contributed by atoms with van der Waals surface area (Å²) >= 11 is 0. The molecule has 3 aromatic rings. The number of benzene rings is 3. The highest BCUT2D eigenvalue weighted by molar-refractivity contribution is 6.48. The lowest BCUT2D eigenvalue weighted by atomic mass is 9.87. The molecule has 29 heavy (non-hydrogen) atoms. The van der Waals surface area contributed by atoms with E-state index in [1.165, 1.54) is 7.11 Å². The van der Waals surface area contributed by atoms with E-state index >= 15 is 0 Å². The van der Waals surface area contributed by atoms with Gasteiger partial charge in [-0.25, -0.2) is 0 Å². The second-order valence-corrected chi connectivity index (χ2v) is 7.81. The molecule has 5 heteroatoms. The van der Waals surface area contributed by atoms with Crippen LogP contribution in [-0.2, 0) is 10.2 Å². The first-order chi connectivity index (χ1) is 13.8. The van der Waals surface area contributed by atoms with Gasteiger partial charge in [-0.05, 0) is 40.6 Å². The lowest BCUT2D eigenvalue weighted by Crippen LogP contribution is -2.24. The van der Waals surface area contributed by atoms with Gasteiger partial charge in [0.05, 0.1) is 19.9 Å². The second-order valence-electron chi connectivity index (χ2n) is 7.81. The average Bonchev–Trinajstić information content (AvgIpc) is 2.71. The van der Waals surface area contributed by atoms with Crippen molar-refractivity contribution in [1.82, 2.24) is 0 Å². The number of ether oxygens (including phenoxy) is 2. The quantitative estimate of drug-likeness (QED) is 0.492. The van der Waals surface area contributed by atoms with Crippen molar-refractivity contribution in [2.24, 2.45) is 0 Å². The first-order valence-electron chi connectivity index (χ1n) is 9.36. The van der Waals surface area contributed by atoms with E-state index in [0.29, 0.717) is 28.1 Å². The molecule has 0 heterocycles. The topological polar surface area (TPSA) is 64.6 Å². The van der Waals surface area contributed by atoms with Gasteiger partial charge >= 0.3 is 0 Å². The molecule has 0 aliphatic rings. The molecule has 0 radical (unpaired) electrons. The van der Waals surface area contributed by atoms with Gasteiger partial charge in [0.1, 0.15) is 11.5 Å². The molecule has 0 saturated carbocycles. The average molecular weight is 391 g/mol. The lowest BCUT2D eigenvalue weighted by Gasteiger charge is -2.21. The van der Waals surface area contributed by atoms with Crippen molar-refractivity contribution in [2.45, 2.75) is 26.2 Å². The van der Waals surface area contributed by atoms with Crippen molar-refractivity contribution in [3.63, 3.8) is 0 Å². The number of carbonyl (C=O) groups excluding carboxylic acids is 2. The summed E-state index contributed by atoms with van der Waals surface area (Å²) in [6.45, 7) is 6.24. The van der Waals surface area contributed by atoms with Gasteiger partial charge in [-0.2, -0.15) is 0 Å². The lowest BCUT2D eigenvalue weighted by molar-refractivity contribution is -0.112. The van der Waals surface area contributed by atoms with E-state index in [2.05, 4.69) is 26.1 Å². The molecule has 3 aromatic carbocycles. The molecule has 0 spiro atoms. The van der Waals surface area contributed by atoms with Crippen molar-refractivity contribution in [3.05, 3.63) is 65.7 Å². The van der Waals surface area contributed by atoms with E-state index in [1.54, 1.807) is 31.4 Å². The van der Waals surface area contributed by atoms with E-state index < -0.39 is 11.7 Å². The van der Waals surface area contributed by atoms with Gasteiger partial charge in [-0.1, -0.05) is 51.1 Å². The van der Waals surface area contributed by atoms with E-state index in [1.807, 2.05) is 30.3 Å². The highest BCUT2D eigenvalue weighted by Crippen LogP contribution is 2.32. The Hall–Kier alpha value is -3.34. The minimum atomic E-state index is -0.718. The van der Waals surface area contributed by atoms with Crippen LogP contribution in [0.4, 0.5) is 5.69 Å². The van der Waals surface area contributed by atoms with Gasteiger partial charge in [-0.3, -0.25) is 9.59 Å². The summed E-state index contributed by atoms with van der Waals surface area (Å²) in [6, 6.07) is 16.3. The third kappa shape index (κ3) is 4.09. The monoisotopic (exact) mass is 391 g/mol. The van der Waals surface area contributed by atoms with E-state index in [4.69, 9.17) is 9.47 Å². The number of rotatable bonds is 5. The summed E-state index contributed by atoms with van der Waals surface area (Å²) in [5.41, 5.74) is 1.71. The number of ketones is 1. The number of hydrogen-bond donors (Lipinski definition) is 1. The number of nitrogens with one attached hydrogen (secondary N) is 1. The molecular weight excluding hydrogens is 366 g/mol. The Bertz CT molecular complexity index is 1080. The van der Waals surface area contributed by atoms with Crippen molar-refractivity contribution >= 4 is 28.2 Å². The minimum Gasteiger partial charge on any atom is -0.496 e. The van der Waals surface area contributed by atoms with Gasteiger partial charge in [0.15, 0.2) is 0 Å². The third-order valence-corrected chi connectivity index (χ3v) is 4.87. The van der Waals surface area contributed by atoms with Gasteiger partial charge < -0.3 is 14.8 Å². The second kappa shape index (κ2) is 7.95. The molecule has 150 valence electrons. The first kappa shape index (κ1) is 20.4. The van der Waals surface area contributed by atoms with Crippen molar-refractivity contribution in [1.29, 1.82) is 0 Å². The zero-order valence-electron chi connectivity index (χ0n) is 17.3. The van der Waals surface area contributed by atoms with Gasteiger partial charge in [0.2, 0.25) is 0 Å². The van der Waals surface area contributed by atoms with Crippen LogP contribution in [-0.4, -0.2) is 25.9 Å². The van der Waals surface area contributed by atoms with Crippen LogP contribution in [0.2, 0.25) is 0 Å². The van der Waals surface area contributed by atoms with E-state index in [0.717, 1.165) is 10.9 Å². The predicted octanol–water partition coefficient (Wildman–Crippen LogP) is 4.98. The molecule has 0 atom stereocenters. The molecule has 0 aliphatic heterocycles. The number of Topliss-reactive ketones (excluding diaryl/α,β-unsaturated/α-hetero) is 1. The van der Waals surface area contributed by atoms with Crippen LogP contribution in [0.5, 0.6) is 11.5 Å². The number of anilines is 1. The van der Waals surface area contributed by atoms with Crippen LogP contribution in [0.1, 0.15) is 36.7 Å². The highest BCUT2D eigenvalue weighted by Gasteiger charge is 2.22. The fraction of sp³-hybridized carbons (Fsp3) is 0.250. The van der Waals surface area contributed by atoms with Crippen LogP contribution < -0.4 is 14.8 Å². The molecule has 3 rings (SSSR count). The van der Waals surface area contributed by atoms with Crippen molar-refractivity contribution in [3.8, 4) is 11.5 Å². The largest absolute Gasteiger partial charge is 0.496 e. The molecule has 0 aliphatic carbocycles. The molecule has 1 amide bonds. The molecule has 0 fully saturated rings. The summed E-state index contributed by atoms with van der Waals surface area (Å²) in [4.78, 5) is 25.7. The summed E-state index contributed by atoms with van der Waals surface area (Å²) in [6.07, 6.45) is 0. The smallest absolute Gasteiger partial charge is 0.296 e. The number of fused-ring (bicyclic) bond motifs is 1. The maximum absolute atomic E-state index is 13.0. The fourth-order valence-corrected chi connectivity index (χ4v) is 3.22. The first-order valence-corrected chi connectivity index (χ1v) is 9.36. The molecule has 5 nitrogen and oxygen atoms in total. The highest BCUT2D eigenvalue weighted by atomic mass is 16.5. The van der Waals surface area contributed by atoms with Crippen LogP contribution in [0.3, 0.4) is 0 Å². The number of methoxy groups -OCH3 is 2. The van der Waals surface area contributed by atoms with E-state index in [-0.39, 0.29) is 5.41 Å². The molecule has 0 bridgehead atoms. The van der Waals surface area contributed by atoms with Crippen LogP contribution in [0.25, 0.3) is 10.8 Å². The molecule has 1 N–H and O–H groups in total. The van der Waals surface area contributed by atoms with Gasteiger partial charge in [0.25, 0.3) is 11.7 Å². The van der Waals surface area contributed by atoms with Crippen LogP contribution in [0, 0.1) is 0 Å². The summed E-state index contributed by atoms with van der Waals surface area (Å²) in [5, 5.41) is 4.17. The summed E-state index contributed by atoms with van der Waals surface area (Å²) in [7, 11) is 3.10. The Balaban J connectivity index is 1.97. The summed E-state index contributed by atoms with van der Waals surface area (Å²) < 4.78 is 10.7. The number of carbonyl (C=O) groups is 2.